The van der Waals surface area contributed by atoms with Crippen molar-refractivity contribution in [3.63, 3.8) is 0 Å². The lowest BCUT2D eigenvalue weighted by Gasteiger charge is -2.32. The monoisotopic (exact) mass is 340 g/mol. The first kappa shape index (κ1) is 16.3. The number of aryl methyl sites for hydroxylation is 1. The van der Waals surface area contributed by atoms with Crippen LogP contribution < -0.4 is 10.6 Å². The second-order valence-electron chi connectivity index (χ2n) is 5.98. The maximum Gasteiger partial charge on any atom is 0.322 e. The summed E-state index contributed by atoms with van der Waals surface area (Å²) in [7, 11) is 0. The number of hydrogen-bond donors (Lipinski definition) is 2. The fourth-order valence-electron chi connectivity index (χ4n) is 2.87. The van der Waals surface area contributed by atoms with Gasteiger partial charge in [0.25, 0.3) is 0 Å². The molecule has 1 aliphatic rings. The highest BCUT2D eigenvalue weighted by Gasteiger charge is 2.23. The molecule has 0 spiro atoms. The molecule has 1 saturated heterocycles. The van der Waals surface area contributed by atoms with Gasteiger partial charge in [0.1, 0.15) is 11.1 Å². The normalized spacial score (nSPS) is 14.9. The molecule has 3 rings (SSSR count). The first-order valence-electron chi connectivity index (χ1n) is 8.02. The van der Waals surface area contributed by atoms with Crippen LogP contribution in [0.15, 0.2) is 35.7 Å². The fraction of sp³-hybridized carbons (Fsp3) is 0.333. The molecule has 1 fully saturated rings. The van der Waals surface area contributed by atoms with Gasteiger partial charge >= 0.3 is 6.03 Å². The Kier molecular flexibility index (Phi) is 5.02. The first-order chi connectivity index (χ1) is 11.7. The number of amides is 2. The molecule has 5 nitrogen and oxygen atoms in total. The summed E-state index contributed by atoms with van der Waals surface area (Å²) in [6.07, 6.45) is 1.83. The molecule has 0 unspecified atom stereocenters. The largest absolute Gasteiger partial charge is 0.382 e. The van der Waals surface area contributed by atoms with Gasteiger partial charge < -0.3 is 10.2 Å². The molecule has 0 saturated carbocycles. The third-order valence-corrected chi connectivity index (χ3v) is 5.01. The first-order valence-corrected chi connectivity index (χ1v) is 8.90. The van der Waals surface area contributed by atoms with Crippen molar-refractivity contribution in [1.29, 1.82) is 5.26 Å². The standard InChI is InChI=1S/C18H20N4OS/c1-13-3-2-4-16(11-13)20-15-5-8-22(9-6-15)18(23)21-17-14(12-19)7-10-24-17/h2-4,7,10-11,15,20H,5-6,8-9H2,1H3,(H,21,23). The number of nitrogens with one attached hydrogen (secondary N) is 2. The van der Waals surface area contributed by atoms with Gasteiger partial charge in [0.05, 0.1) is 5.56 Å². The summed E-state index contributed by atoms with van der Waals surface area (Å²) in [4.78, 5) is 14.1. The summed E-state index contributed by atoms with van der Waals surface area (Å²) in [5.74, 6) is 0. The van der Waals surface area contributed by atoms with E-state index in [2.05, 4.69) is 41.8 Å². The Labute approximate surface area is 145 Å². The Bertz CT molecular complexity index is 756. The highest BCUT2D eigenvalue weighted by atomic mass is 32.1. The zero-order valence-corrected chi connectivity index (χ0v) is 14.4. The highest BCUT2D eigenvalue weighted by Crippen LogP contribution is 2.23. The van der Waals surface area contributed by atoms with Gasteiger partial charge in [-0.1, -0.05) is 12.1 Å². The third kappa shape index (κ3) is 3.87. The maximum absolute atomic E-state index is 12.3. The summed E-state index contributed by atoms with van der Waals surface area (Å²) in [5, 5.41) is 17.8. The number of carbonyl (C=O) groups excluding carboxylic acids is 1. The minimum absolute atomic E-state index is 0.122. The van der Waals surface area contributed by atoms with Gasteiger partial charge in [0, 0.05) is 24.8 Å². The Morgan fingerprint density at radius 2 is 2.12 bits per heavy atom. The van der Waals surface area contributed by atoms with Crippen LogP contribution in [-0.4, -0.2) is 30.1 Å². The van der Waals surface area contributed by atoms with E-state index < -0.39 is 0 Å². The zero-order valence-electron chi connectivity index (χ0n) is 13.6. The molecule has 0 radical (unpaired) electrons. The van der Waals surface area contributed by atoms with E-state index in [1.165, 1.54) is 16.9 Å². The van der Waals surface area contributed by atoms with Crippen molar-refractivity contribution < 1.29 is 4.79 Å². The summed E-state index contributed by atoms with van der Waals surface area (Å²) in [6, 6.07) is 12.4. The quantitative estimate of drug-likeness (QED) is 0.886. The van der Waals surface area contributed by atoms with Gasteiger partial charge in [0.2, 0.25) is 0 Å². The number of hydrogen-bond acceptors (Lipinski definition) is 4. The number of carbonyl (C=O) groups is 1. The van der Waals surface area contributed by atoms with Crippen LogP contribution in [0, 0.1) is 18.3 Å². The molecule has 2 N–H and O–H groups in total. The van der Waals surface area contributed by atoms with Crippen molar-refractivity contribution in [1.82, 2.24) is 4.90 Å². The molecule has 2 amide bonds. The van der Waals surface area contributed by atoms with E-state index in [1.54, 1.807) is 6.07 Å². The van der Waals surface area contributed by atoms with Crippen molar-refractivity contribution in [3.8, 4) is 6.07 Å². The average Bonchev–Trinajstić information content (AvgIpc) is 3.02. The average molecular weight is 340 g/mol. The van der Waals surface area contributed by atoms with Gasteiger partial charge in [-0.2, -0.15) is 5.26 Å². The molecule has 2 heterocycles. The number of piperidine rings is 1. The number of thiophene rings is 1. The van der Waals surface area contributed by atoms with Crippen LogP contribution in [0.4, 0.5) is 15.5 Å². The molecule has 2 aromatic rings. The van der Waals surface area contributed by atoms with Crippen LogP contribution in [0.5, 0.6) is 0 Å². The molecule has 0 atom stereocenters. The Hall–Kier alpha value is -2.52. The number of nitrogens with zero attached hydrogens (tertiary/aromatic N) is 2. The maximum atomic E-state index is 12.3. The lowest BCUT2D eigenvalue weighted by Crippen LogP contribution is -2.44. The summed E-state index contributed by atoms with van der Waals surface area (Å²) < 4.78 is 0. The van der Waals surface area contributed by atoms with Crippen LogP contribution in [-0.2, 0) is 0 Å². The van der Waals surface area contributed by atoms with E-state index in [4.69, 9.17) is 5.26 Å². The van der Waals surface area contributed by atoms with Crippen molar-refractivity contribution in [2.24, 2.45) is 0 Å². The predicted molar refractivity (Wildman–Crippen MR) is 97.4 cm³/mol. The van der Waals surface area contributed by atoms with Crippen LogP contribution in [0.1, 0.15) is 24.0 Å². The Morgan fingerprint density at radius 1 is 1.33 bits per heavy atom. The van der Waals surface area contributed by atoms with Crippen LogP contribution >= 0.6 is 11.3 Å². The molecular weight excluding hydrogens is 320 g/mol. The summed E-state index contributed by atoms with van der Waals surface area (Å²) >= 11 is 1.38. The second-order valence-corrected chi connectivity index (χ2v) is 6.90. The van der Waals surface area contributed by atoms with Crippen LogP contribution in [0.25, 0.3) is 0 Å². The van der Waals surface area contributed by atoms with Gasteiger partial charge in [-0.15, -0.1) is 11.3 Å². The van der Waals surface area contributed by atoms with Gasteiger partial charge in [0.15, 0.2) is 0 Å². The van der Waals surface area contributed by atoms with Gasteiger partial charge in [-0.25, -0.2) is 4.79 Å². The smallest absolute Gasteiger partial charge is 0.322 e. The van der Waals surface area contributed by atoms with E-state index in [-0.39, 0.29) is 6.03 Å². The third-order valence-electron chi connectivity index (χ3n) is 4.18. The number of nitriles is 1. The Morgan fingerprint density at radius 3 is 2.83 bits per heavy atom. The van der Waals surface area contributed by atoms with E-state index in [0.717, 1.165) is 18.5 Å². The number of benzene rings is 1. The Balaban J connectivity index is 1.51. The predicted octanol–water partition coefficient (Wildman–Crippen LogP) is 4.04. The van der Waals surface area contributed by atoms with Crippen LogP contribution in [0.2, 0.25) is 0 Å². The fourth-order valence-corrected chi connectivity index (χ4v) is 3.59. The summed E-state index contributed by atoms with van der Waals surface area (Å²) in [5.41, 5.74) is 2.89. The molecule has 1 aromatic carbocycles. The molecule has 1 aliphatic heterocycles. The van der Waals surface area contributed by atoms with Crippen molar-refractivity contribution in [2.75, 3.05) is 23.7 Å². The van der Waals surface area contributed by atoms with E-state index in [0.29, 0.717) is 29.7 Å². The van der Waals surface area contributed by atoms with E-state index in [9.17, 15) is 4.79 Å². The van der Waals surface area contributed by atoms with Gasteiger partial charge in [-0.05, 0) is 48.9 Å². The van der Waals surface area contributed by atoms with E-state index in [1.807, 2.05) is 16.3 Å². The molecular formula is C18H20N4OS. The SMILES string of the molecule is Cc1cccc(NC2CCN(C(=O)Nc3sccc3C#N)CC2)c1. The molecule has 0 aliphatic carbocycles. The van der Waals surface area contributed by atoms with Crippen molar-refractivity contribution in [3.05, 3.63) is 46.8 Å². The molecule has 0 bridgehead atoms. The van der Waals surface area contributed by atoms with Crippen molar-refractivity contribution >= 4 is 28.1 Å². The zero-order chi connectivity index (χ0) is 16.9. The number of likely N-dealkylation sites (tertiary alicyclic amines) is 1. The highest BCUT2D eigenvalue weighted by molar-refractivity contribution is 7.14. The number of urea groups is 1. The summed E-state index contributed by atoms with van der Waals surface area (Å²) in [6.45, 7) is 3.50. The minimum Gasteiger partial charge on any atom is -0.382 e. The lowest BCUT2D eigenvalue weighted by atomic mass is 10.0. The number of anilines is 2. The number of rotatable bonds is 3. The molecule has 6 heteroatoms. The second kappa shape index (κ2) is 7.37. The molecule has 1 aromatic heterocycles. The topological polar surface area (TPSA) is 68.2 Å². The minimum atomic E-state index is -0.122. The van der Waals surface area contributed by atoms with Crippen LogP contribution in [0.3, 0.4) is 0 Å². The molecule has 124 valence electrons. The lowest BCUT2D eigenvalue weighted by molar-refractivity contribution is 0.197. The van der Waals surface area contributed by atoms with Crippen molar-refractivity contribution in [2.45, 2.75) is 25.8 Å². The van der Waals surface area contributed by atoms with E-state index >= 15 is 0 Å². The van der Waals surface area contributed by atoms with Gasteiger partial charge in [-0.3, -0.25) is 5.32 Å². The molecule has 24 heavy (non-hydrogen) atoms.